The summed E-state index contributed by atoms with van der Waals surface area (Å²) < 4.78 is 16.9. The Morgan fingerprint density at radius 1 is 0.294 bits per heavy atom. The lowest BCUT2D eigenvalue weighted by molar-refractivity contribution is -0.167. The van der Waals surface area contributed by atoms with Crippen molar-refractivity contribution in [2.24, 2.45) is 0 Å². The van der Waals surface area contributed by atoms with E-state index in [-0.39, 0.29) is 31.1 Å². The van der Waals surface area contributed by atoms with E-state index in [4.69, 9.17) is 14.2 Å². The minimum Gasteiger partial charge on any atom is -0.462 e. The third kappa shape index (κ3) is 54.8. The Bertz CT molecular complexity index is 1100. The summed E-state index contributed by atoms with van der Waals surface area (Å²) in [6.07, 6.45) is 67.5. The van der Waals surface area contributed by atoms with Gasteiger partial charge >= 0.3 is 17.9 Å². The van der Waals surface area contributed by atoms with Crippen LogP contribution >= 0.6 is 0 Å². The average Bonchev–Trinajstić information content (AvgIpc) is 3.34. The van der Waals surface area contributed by atoms with Crippen LogP contribution in [0.25, 0.3) is 0 Å². The minimum atomic E-state index is -0.766. The van der Waals surface area contributed by atoms with E-state index in [1.54, 1.807) is 0 Å². The summed E-state index contributed by atoms with van der Waals surface area (Å²) in [5.74, 6) is -0.845. The van der Waals surface area contributed by atoms with Crippen molar-refractivity contribution in [2.75, 3.05) is 13.2 Å². The molecule has 0 amide bonds. The van der Waals surface area contributed by atoms with E-state index in [0.29, 0.717) is 19.3 Å². The monoisotopic (exact) mass is 957 g/mol. The quantitative estimate of drug-likeness (QED) is 0.0262. The minimum absolute atomic E-state index is 0.0658. The van der Waals surface area contributed by atoms with Crippen LogP contribution in [0.1, 0.15) is 335 Å². The van der Waals surface area contributed by atoms with Crippen molar-refractivity contribution >= 4 is 17.9 Å². The fraction of sp³-hybridized carbons (Fsp3) is 0.887. The van der Waals surface area contributed by atoms with Crippen LogP contribution < -0.4 is 0 Å². The number of esters is 3. The lowest BCUT2D eigenvalue weighted by Crippen LogP contribution is -2.30. The molecule has 0 aliphatic rings. The molecule has 0 saturated heterocycles. The van der Waals surface area contributed by atoms with Crippen molar-refractivity contribution in [1.29, 1.82) is 0 Å². The number of hydrogen-bond acceptors (Lipinski definition) is 6. The summed E-state index contributed by atoms with van der Waals surface area (Å²) in [5.41, 5.74) is 0. The molecule has 0 aliphatic heterocycles. The summed E-state index contributed by atoms with van der Waals surface area (Å²) in [7, 11) is 0. The molecular weight excluding hydrogens is 841 g/mol. The molecule has 0 aromatic rings. The Hall–Kier alpha value is -2.11. The number of carbonyl (C=O) groups is 3. The number of carbonyl (C=O) groups excluding carboxylic acids is 3. The van der Waals surface area contributed by atoms with Crippen molar-refractivity contribution < 1.29 is 28.6 Å². The molecule has 0 aromatic carbocycles. The molecule has 0 fully saturated rings. The van der Waals surface area contributed by atoms with Crippen LogP contribution in [0.5, 0.6) is 0 Å². The molecule has 0 aromatic heterocycles. The van der Waals surface area contributed by atoms with Gasteiger partial charge in [-0.25, -0.2) is 0 Å². The van der Waals surface area contributed by atoms with Gasteiger partial charge < -0.3 is 14.2 Å². The first kappa shape index (κ1) is 65.9. The molecule has 400 valence electrons. The average molecular weight is 958 g/mol. The fourth-order valence-corrected chi connectivity index (χ4v) is 9.12. The van der Waals surface area contributed by atoms with Gasteiger partial charge in [0.1, 0.15) is 13.2 Å². The maximum absolute atomic E-state index is 12.9. The first-order chi connectivity index (χ1) is 33.5. The molecule has 1 atom stereocenters. The van der Waals surface area contributed by atoms with E-state index in [1.165, 1.54) is 231 Å². The highest BCUT2D eigenvalue weighted by atomic mass is 16.6. The zero-order valence-electron chi connectivity index (χ0n) is 45.9. The number of unbranched alkanes of at least 4 members (excludes halogenated alkanes) is 41. The molecule has 6 nitrogen and oxygen atoms in total. The van der Waals surface area contributed by atoms with Gasteiger partial charge in [0.15, 0.2) is 6.10 Å². The molecule has 0 N–H and O–H groups in total. The number of rotatable bonds is 56. The predicted molar refractivity (Wildman–Crippen MR) is 293 cm³/mol. The van der Waals surface area contributed by atoms with Gasteiger partial charge in [0.25, 0.3) is 0 Å². The van der Waals surface area contributed by atoms with Gasteiger partial charge in [-0.3, -0.25) is 14.4 Å². The maximum Gasteiger partial charge on any atom is 0.306 e. The Balaban J connectivity index is 4.23. The number of hydrogen-bond donors (Lipinski definition) is 0. The van der Waals surface area contributed by atoms with Gasteiger partial charge in [0, 0.05) is 19.3 Å². The smallest absolute Gasteiger partial charge is 0.306 e. The lowest BCUT2D eigenvalue weighted by atomic mass is 10.0. The van der Waals surface area contributed by atoms with Gasteiger partial charge in [-0.1, -0.05) is 289 Å². The maximum atomic E-state index is 12.9. The second kappa shape index (κ2) is 57.5. The first-order valence-electron chi connectivity index (χ1n) is 30.3. The van der Waals surface area contributed by atoms with Crippen LogP contribution in [0.15, 0.2) is 24.3 Å². The van der Waals surface area contributed by atoms with Crippen LogP contribution in [0, 0.1) is 0 Å². The van der Waals surface area contributed by atoms with E-state index in [0.717, 1.165) is 64.2 Å². The van der Waals surface area contributed by atoms with Crippen molar-refractivity contribution in [3.05, 3.63) is 24.3 Å². The lowest BCUT2D eigenvalue weighted by Gasteiger charge is -2.18. The predicted octanol–water partition coefficient (Wildman–Crippen LogP) is 20.3. The number of allylic oxidation sites excluding steroid dienone is 4. The Morgan fingerprint density at radius 3 is 0.809 bits per heavy atom. The topological polar surface area (TPSA) is 78.9 Å². The molecule has 0 spiro atoms. The highest BCUT2D eigenvalue weighted by Gasteiger charge is 2.19. The van der Waals surface area contributed by atoms with E-state index in [2.05, 4.69) is 45.1 Å². The van der Waals surface area contributed by atoms with Crippen molar-refractivity contribution in [3.8, 4) is 0 Å². The second-order valence-corrected chi connectivity index (χ2v) is 20.6. The van der Waals surface area contributed by atoms with Gasteiger partial charge in [0.2, 0.25) is 0 Å². The third-order valence-electron chi connectivity index (χ3n) is 13.7. The van der Waals surface area contributed by atoms with E-state index < -0.39 is 6.10 Å². The van der Waals surface area contributed by atoms with Crippen molar-refractivity contribution in [2.45, 2.75) is 341 Å². The molecule has 0 rings (SSSR count). The van der Waals surface area contributed by atoms with Crippen LogP contribution in [0.2, 0.25) is 0 Å². The fourth-order valence-electron chi connectivity index (χ4n) is 9.12. The highest BCUT2D eigenvalue weighted by molar-refractivity contribution is 5.71. The molecule has 6 heteroatoms. The van der Waals surface area contributed by atoms with Gasteiger partial charge in [-0.05, 0) is 51.4 Å². The van der Waals surface area contributed by atoms with Crippen molar-refractivity contribution in [3.63, 3.8) is 0 Å². The largest absolute Gasteiger partial charge is 0.462 e. The zero-order valence-corrected chi connectivity index (χ0v) is 45.9. The van der Waals surface area contributed by atoms with E-state index in [1.807, 2.05) is 0 Å². The Kier molecular flexibility index (Phi) is 55.7. The number of ether oxygens (including phenoxy) is 3. The Morgan fingerprint density at radius 2 is 0.529 bits per heavy atom. The molecular formula is C62H116O6. The van der Waals surface area contributed by atoms with Gasteiger partial charge in [-0.15, -0.1) is 0 Å². The SMILES string of the molecule is CCCCCCC/C=C\C/C=C\CCCCCCCCCCCCCC(=O)OCC(COC(=O)CCCCCCCCCCCCC)OC(=O)CCCCCCCCCCCCCCCCCC. The normalized spacial score (nSPS) is 12.1. The van der Waals surface area contributed by atoms with Gasteiger partial charge in [-0.2, -0.15) is 0 Å². The third-order valence-corrected chi connectivity index (χ3v) is 13.7. The van der Waals surface area contributed by atoms with Gasteiger partial charge in [0.05, 0.1) is 0 Å². The standard InChI is InChI=1S/C62H116O6/c1-4-7-10-13-16-19-22-24-26-28-29-30-31-32-33-34-36-37-40-43-46-49-52-55-61(64)67-58-59(57-66-60(63)54-51-48-45-42-39-21-18-15-12-9-6-3)68-62(65)56-53-50-47-44-41-38-35-27-25-23-20-17-14-11-8-5-2/h22,24,28-29,59H,4-21,23,25-27,30-58H2,1-3H3/b24-22-,29-28-. The summed E-state index contributed by atoms with van der Waals surface area (Å²) in [6.45, 7) is 6.68. The van der Waals surface area contributed by atoms with Crippen LogP contribution in [-0.4, -0.2) is 37.2 Å². The molecule has 0 radical (unpaired) electrons. The highest BCUT2D eigenvalue weighted by Crippen LogP contribution is 2.17. The molecule has 1 unspecified atom stereocenters. The molecule has 68 heavy (non-hydrogen) atoms. The van der Waals surface area contributed by atoms with E-state index in [9.17, 15) is 14.4 Å². The van der Waals surface area contributed by atoms with Crippen molar-refractivity contribution in [1.82, 2.24) is 0 Å². The Labute approximate surface area is 423 Å². The molecule has 0 saturated carbocycles. The van der Waals surface area contributed by atoms with Crippen LogP contribution in [0.3, 0.4) is 0 Å². The second-order valence-electron chi connectivity index (χ2n) is 20.6. The molecule has 0 bridgehead atoms. The van der Waals surface area contributed by atoms with Crippen LogP contribution in [-0.2, 0) is 28.6 Å². The first-order valence-corrected chi connectivity index (χ1v) is 30.3. The summed E-state index contributed by atoms with van der Waals surface area (Å²) in [5, 5.41) is 0. The summed E-state index contributed by atoms with van der Waals surface area (Å²) in [6, 6.07) is 0. The molecule has 0 aliphatic carbocycles. The van der Waals surface area contributed by atoms with Crippen LogP contribution in [0.4, 0.5) is 0 Å². The summed E-state index contributed by atoms with van der Waals surface area (Å²) in [4.78, 5) is 38.1. The zero-order chi connectivity index (χ0) is 49.3. The summed E-state index contributed by atoms with van der Waals surface area (Å²) >= 11 is 0. The van der Waals surface area contributed by atoms with E-state index >= 15 is 0 Å². The molecule has 0 heterocycles.